The summed E-state index contributed by atoms with van der Waals surface area (Å²) in [6.45, 7) is 5.34. The number of esters is 2. The second-order valence-electron chi connectivity index (χ2n) is 6.32. The number of hydrogen-bond acceptors (Lipinski definition) is 7. The molecule has 0 atom stereocenters. The molecule has 1 aromatic heterocycles. The Balaban J connectivity index is 2.27. The summed E-state index contributed by atoms with van der Waals surface area (Å²) in [6, 6.07) is 6.83. The third-order valence-electron chi connectivity index (χ3n) is 3.64. The van der Waals surface area contributed by atoms with Crippen molar-refractivity contribution in [1.29, 1.82) is 0 Å². The molecular weight excluding hydrogens is 476 g/mol. The van der Waals surface area contributed by atoms with Crippen molar-refractivity contribution in [2.24, 2.45) is 0 Å². The van der Waals surface area contributed by atoms with Crippen molar-refractivity contribution in [1.82, 2.24) is 5.32 Å². The molecule has 0 fully saturated rings. The molecule has 0 radical (unpaired) electrons. The van der Waals surface area contributed by atoms with E-state index in [-0.39, 0.29) is 35.9 Å². The highest BCUT2D eigenvalue weighted by Gasteiger charge is 2.25. The van der Waals surface area contributed by atoms with E-state index >= 15 is 0 Å². The Morgan fingerprint density at radius 1 is 1.17 bits per heavy atom. The van der Waals surface area contributed by atoms with E-state index in [1.807, 2.05) is 13.8 Å². The molecule has 0 aliphatic carbocycles. The molecule has 2 amide bonds. The van der Waals surface area contributed by atoms with Gasteiger partial charge in [0.05, 0.1) is 23.1 Å². The highest BCUT2D eigenvalue weighted by Crippen LogP contribution is 2.46. The van der Waals surface area contributed by atoms with Crippen molar-refractivity contribution in [2.75, 3.05) is 25.6 Å². The number of methoxy groups -OCH3 is 1. The van der Waals surface area contributed by atoms with E-state index in [9.17, 15) is 14.4 Å². The van der Waals surface area contributed by atoms with E-state index in [2.05, 4.69) is 26.6 Å². The number of carbonyl (C=O) groups excluding carboxylic acids is 3. The predicted octanol–water partition coefficient (Wildman–Crippen LogP) is 4.44. The van der Waals surface area contributed by atoms with Crippen LogP contribution in [0.1, 0.15) is 30.4 Å². The van der Waals surface area contributed by atoms with E-state index < -0.39 is 11.9 Å². The van der Waals surface area contributed by atoms with Crippen molar-refractivity contribution in [3.05, 3.63) is 33.6 Å². The minimum absolute atomic E-state index is 0.0242. The van der Waals surface area contributed by atoms with Crippen LogP contribution in [0.25, 0.3) is 10.4 Å². The molecule has 2 aromatic rings. The third-order valence-corrected chi connectivity index (χ3v) is 5.86. The Kier molecular flexibility index (Phi) is 8.67. The fourth-order valence-corrected chi connectivity index (χ4v) is 4.38. The summed E-state index contributed by atoms with van der Waals surface area (Å²) >= 11 is 4.62. The van der Waals surface area contributed by atoms with Crippen LogP contribution in [0.3, 0.4) is 0 Å². The molecule has 10 heteroatoms. The molecule has 2 rings (SSSR count). The van der Waals surface area contributed by atoms with Gasteiger partial charge in [-0.15, -0.1) is 11.3 Å². The summed E-state index contributed by atoms with van der Waals surface area (Å²) < 4.78 is 15.8. The van der Waals surface area contributed by atoms with Crippen LogP contribution >= 0.6 is 27.3 Å². The second-order valence-corrected chi connectivity index (χ2v) is 8.13. The quantitative estimate of drug-likeness (QED) is 0.521. The van der Waals surface area contributed by atoms with Crippen LogP contribution in [0.4, 0.5) is 10.5 Å². The zero-order valence-electron chi connectivity index (χ0n) is 17.0. The van der Waals surface area contributed by atoms with Gasteiger partial charge in [-0.25, -0.2) is 14.4 Å². The van der Waals surface area contributed by atoms with Crippen LogP contribution in [0.2, 0.25) is 0 Å². The van der Waals surface area contributed by atoms with Crippen molar-refractivity contribution in [3.63, 3.8) is 0 Å². The molecule has 1 heterocycles. The van der Waals surface area contributed by atoms with Gasteiger partial charge in [0, 0.05) is 11.7 Å². The number of nitrogens with one attached hydrogen (secondary N) is 2. The summed E-state index contributed by atoms with van der Waals surface area (Å²) in [5, 5.41) is 5.49. The van der Waals surface area contributed by atoms with Crippen LogP contribution < -0.4 is 15.4 Å². The number of carbonyl (C=O) groups is 3. The lowest BCUT2D eigenvalue weighted by molar-refractivity contribution is -0.145. The average Bonchev–Trinajstić information content (AvgIpc) is 3.02. The highest BCUT2D eigenvalue weighted by atomic mass is 79.9. The van der Waals surface area contributed by atoms with Crippen molar-refractivity contribution >= 4 is 50.9 Å². The lowest BCUT2D eigenvalue weighted by atomic mass is 10.1. The van der Waals surface area contributed by atoms with Gasteiger partial charge < -0.3 is 24.8 Å². The van der Waals surface area contributed by atoms with Crippen molar-refractivity contribution in [3.8, 4) is 16.2 Å². The maximum absolute atomic E-state index is 12.2. The van der Waals surface area contributed by atoms with E-state index in [1.165, 1.54) is 18.4 Å². The van der Waals surface area contributed by atoms with E-state index in [0.717, 1.165) is 5.56 Å². The molecular formula is C20H23BrN2O6S. The Bertz CT molecular complexity index is 911. The summed E-state index contributed by atoms with van der Waals surface area (Å²) in [5.41, 5.74) is 1.41. The fourth-order valence-electron chi connectivity index (χ4n) is 2.41. The number of benzene rings is 1. The van der Waals surface area contributed by atoms with Gasteiger partial charge in [-0.2, -0.15) is 0 Å². The molecule has 2 N–H and O–H groups in total. The molecule has 0 unspecified atom stereocenters. The van der Waals surface area contributed by atoms with Gasteiger partial charge in [0.15, 0.2) is 17.2 Å². The molecule has 30 heavy (non-hydrogen) atoms. The molecule has 8 nitrogen and oxygen atoms in total. The molecule has 0 aliphatic rings. The molecule has 0 aliphatic heterocycles. The predicted molar refractivity (Wildman–Crippen MR) is 118 cm³/mol. The first-order chi connectivity index (χ1) is 14.3. The Morgan fingerprint density at radius 3 is 2.40 bits per heavy atom. The van der Waals surface area contributed by atoms with Gasteiger partial charge in [0.2, 0.25) is 0 Å². The maximum atomic E-state index is 12.2. The standard InChI is InChI=1S/C20H23BrN2O6S/c1-5-28-14(24)10-29-16-15(21)17(30-18(16)19(25)27-4)12-6-8-13(9-7-12)23-20(26)22-11(2)3/h6-9,11H,5,10H2,1-4H3,(H2,22,23,26). The number of thiophene rings is 1. The molecule has 1 aromatic carbocycles. The number of hydrogen-bond donors (Lipinski definition) is 2. The average molecular weight is 499 g/mol. The second kappa shape index (κ2) is 11.0. The number of rotatable bonds is 8. The SMILES string of the molecule is CCOC(=O)COc1c(C(=O)OC)sc(-c2ccc(NC(=O)NC(C)C)cc2)c1Br. The van der Waals surface area contributed by atoms with E-state index in [4.69, 9.17) is 14.2 Å². The third kappa shape index (κ3) is 6.20. The summed E-state index contributed by atoms with van der Waals surface area (Å²) in [5.74, 6) is -0.897. The monoisotopic (exact) mass is 498 g/mol. The number of urea groups is 1. The summed E-state index contributed by atoms with van der Waals surface area (Å²) in [4.78, 5) is 36.6. The zero-order chi connectivity index (χ0) is 22.3. The van der Waals surface area contributed by atoms with E-state index in [0.29, 0.717) is 15.0 Å². The Labute approximate surface area is 187 Å². The number of amides is 2. The van der Waals surface area contributed by atoms with Crippen LogP contribution in [0.5, 0.6) is 5.75 Å². The van der Waals surface area contributed by atoms with Gasteiger partial charge in [-0.3, -0.25) is 0 Å². The lowest BCUT2D eigenvalue weighted by Crippen LogP contribution is -2.34. The van der Waals surface area contributed by atoms with Crippen LogP contribution in [0.15, 0.2) is 28.7 Å². The number of ether oxygens (including phenoxy) is 3. The van der Waals surface area contributed by atoms with Gasteiger partial charge in [0.1, 0.15) is 0 Å². The Hall–Kier alpha value is -2.59. The molecule has 0 spiro atoms. The number of halogens is 1. The zero-order valence-corrected chi connectivity index (χ0v) is 19.4. The van der Waals surface area contributed by atoms with Gasteiger partial charge in [-0.1, -0.05) is 12.1 Å². The van der Waals surface area contributed by atoms with Crippen molar-refractivity contribution in [2.45, 2.75) is 26.8 Å². The number of anilines is 1. The van der Waals surface area contributed by atoms with Crippen molar-refractivity contribution < 1.29 is 28.6 Å². The summed E-state index contributed by atoms with van der Waals surface area (Å²) in [6.07, 6.45) is 0. The molecule has 0 saturated heterocycles. The van der Waals surface area contributed by atoms with Gasteiger partial charge >= 0.3 is 18.0 Å². The smallest absolute Gasteiger partial charge is 0.351 e. The minimum Gasteiger partial charge on any atom is -0.479 e. The largest absolute Gasteiger partial charge is 0.479 e. The molecule has 0 saturated carbocycles. The van der Waals surface area contributed by atoms with E-state index in [1.54, 1.807) is 31.2 Å². The fraction of sp³-hybridized carbons (Fsp3) is 0.350. The maximum Gasteiger partial charge on any atom is 0.351 e. The normalized spacial score (nSPS) is 10.5. The minimum atomic E-state index is -0.575. The first-order valence-corrected chi connectivity index (χ1v) is 10.7. The summed E-state index contributed by atoms with van der Waals surface area (Å²) in [7, 11) is 1.27. The highest BCUT2D eigenvalue weighted by molar-refractivity contribution is 9.10. The van der Waals surface area contributed by atoms with Crippen LogP contribution in [0, 0.1) is 0 Å². The van der Waals surface area contributed by atoms with Gasteiger partial charge in [0.25, 0.3) is 0 Å². The van der Waals surface area contributed by atoms with Gasteiger partial charge in [-0.05, 0) is 54.4 Å². The molecule has 162 valence electrons. The van der Waals surface area contributed by atoms with Crippen LogP contribution in [-0.4, -0.2) is 44.3 Å². The first kappa shape index (κ1) is 23.7. The molecule has 0 bridgehead atoms. The topological polar surface area (TPSA) is 103 Å². The Morgan fingerprint density at radius 2 is 1.83 bits per heavy atom. The van der Waals surface area contributed by atoms with Crippen LogP contribution in [-0.2, 0) is 14.3 Å². The lowest BCUT2D eigenvalue weighted by Gasteiger charge is -2.10. The first-order valence-electron chi connectivity index (χ1n) is 9.13.